The molecule has 94 valence electrons. The monoisotopic (exact) mass is 256 g/mol. The van der Waals surface area contributed by atoms with Gasteiger partial charge >= 0.3 is 0 Å². The van der Waals surface area contributed by atoms with Gasteiger partial charge in [0.15, 0.2) is 0 Å². The largest absolute Gasteiger partial charge is 0.368 e. The van der Waals surface area contributed by atoms with E-state index in [0.29, 0.717) is 5.02 Å². The molecular formula is C13H18ClFN2. The van der Waals surface area contributed by atoms with Gasteiger partial charge < -0.3 is 10.2 Å². The van der Waals surface area contributed by atoms with E-state index in [1.54, 1.807) is 6.07 Å². The first-order valence-corrected chi connectivity index (χ1v) is 6.31. The maximum Gasteiger partial charge on any atom is 0.125 e. The van der Waals surface area contributed by atoms with Gasteiger partial charge in [-0.1, -0.05) is 11.6 Å². The van der Waals surface area contributed by atoms with Crippen LogP contribution in [0, 0.1) is 5.82 Å². The molecule has 0 amide bonds. The maximum atomic E-state index is 13.3. The second kappa shape index (κ2) is 4.83. The fourth-order valence-electron chi connectivity index (χ4n) is 2.24. The summed E-state index contributed by atoms with van der Waals surface area (Å²) in [4.78, 5) is 2.16. The predicted octanol–water partition coefficient (Wildman–Crippen LogP) is 3.06. The third-order valence-electron chi connectivity index (χ3n) is 3.04. The lowest BCUT2D eigenvalue weighted by molar-refractivity contribution is 0.416. The van der Waals surface area contributed by atoms with Gasteiger partial charge in [0, 0.05) is 18.6 Å². The Hall–Kier alpha value is -0.800. The summed E-state index contributed by atoms with van der Waals surface area (Å²) >= 11 is 6.15. The zero-order valence-corrected chi connectivity index (χ0v) is 11.0. The number of nitrogens with one attached hydrogen (secondary N) is 1. The van der Waals surface area contributed by atoms with E-state index in [0.717, 1.165) is 31.7 Å². The zero-order chi connectivity index (χ0) is 12.5. The Morgan fingerprint density at radius 3 is 2.94 bits per heavy atom. The summed E-state index contributed by atoms with van der Waals surface area (Å²) in [6.07, 6.45) is 1.04. The van der Waals surface area contributed by atoms with Gasteiger partial charge in [-0.25, -0.2) is 4.39 Å². The molecule has 1 saturated heterocycles. The normalized spacial score (nSPS) is 20.1. The molecule has 4 heteroatoms. The molecule has 0 bridgehead atoms. The molecular weight excluding hydrogens is 239 g/mol. The van der Waals surface area contributed by atoms with Crippen LogP contribution >= 0.6 is 11.6 Å². The van der Waals surface area contributed by atoms with E-state index in [1.807, 2.05) is 0 Å². The SMILES string of the molecule is CC1(C)CN(c2cc(F)ccc2Cl)CCCN1. The molecule has 1 aromatic rings. The van der Waals surface area contributed by atoms with Crippen LogP contribution in [0.4, 0.5) is 10.1 Å². The van der Waals surface area contributed by atoms with Crippen LogP contribution in [0.3, 0.4) is 0 Å². The van der Waals surface area contributed by atoms with Crippen molar-refractivity contribution in [3.05, 3.63) is 29.0 Å². The molecule has 1 fully saturated rings. The van der Waals surface area contributed by atoms with E-state index in [1.165, 1.54) is 12.1 Å². The fraction of sp³-hybridized carbons (Fsp3) is 0.538. The summed E-state index contributed by atoms with van der Waals surface area (Å²) in [6, 6.07) is 4.54. The average molecular weight is 257 g/mol. The first-order valence-electron chi connectivity index (χ1n) is 5.93. The van der Waals surface area contributed by atoms with Crippen molar-refractivity contribution in [2.24, 2.45) is 0 Å². The van der Waals surface area contributed by atoms with E-state index in [2.05, 4.69) is 24.1 Å². The Kier molecular flexibility index (Phi) is 3.59. The molecule has 1 aliphatic heterocycles. The Labute approximate surface area is 107 Å². The lowest BCUT2D eigenvalue weighted by atomic mass is 10.1. The molecule has 1 N–H and O–H groups in total. The van der Waals surface area contributed by atoms with Crippen LogP contribution in [0.25, 0.3) is 0 Å². The Balaban J connectivity index is 2.28. The lowest BCUT2D eigenvalue weighted by Crippen LogP contribution is -2.46. The average Bonchev–Trinajstić information content (AvgIpc) is 2.43. The molecule has 1 aliphatic rings. The number of hydrogen-bond donors (Lipinski definition) is 1. The minimum atomic E-state index is -0.237. The lowest BCUT2D eigenvalue weighted by Gasteiger charge is -2.32. The fourth-order valence-corrected chi connectivity index (χ4v) is 2.48. The van der Waals surface area contributed by atoms with Gasteiger partial charge in [-0.15, -0.1) is 0 Å². The van der Waals surface area contributed by atoms with Crippen LogP contribution in [-0.4, -0.2) is 25.2 Å². The second-order valence-electron chi connectivity index (χ2n) is 5.18. The molecule has 0 atom stereocenters. The maximum absolute atomic E-state index is 13.3. The van der Waals surface area contributed by atoms with Gasteiger partial charge in [-0.2, -0.15) is 0 Å². The van der Waals surface area contributed by atoms with Crippen LogP contribution in [0.1, 0.15) is 20.3 Å². The zero-order valence-electron chi connectivity index (χ0n) is 10.3. The van der Waals surface area contributed by atoms with Crippen molar-refractivity contribution in [1.29, 1.82) is 0 Å². The van der Waals surface area contributed by atoms with E-state index in [4.69, 9.17) is 11.6 Å². The number of nitrogens with zero attached hydrogens (tertiary/aromatic N) is 1. The van der Waals surface area contributed by atoms with Crippen molar-refractivity contribution in [2.75, 3.05) is 24.5 Å². The number of benzene rings is 1. The molecule has 0 aromatic heterocycles. The smallest absolute Gasteiger partial charge is 0.125 e. The predicted molar refractivity (Wildman–Crippen MR) is 70.3 cm³/mol. The van der Waals surface area contributed by atoms with Gasteiger partial charge in [0.25, 0.3) is 0 Å². The highest BCUT2D eigenvalue weighted by atomic mass is 35.5. The Morgan fingerprint density at radius 1 is 1.41 bits per heavy atom. The molecule has 2 rings (SSSR count). The molecule has 0 spiro atoms. The van der Waals surface area contributed by atoms with E-state index in [9.17, 15) is 4.39 Å². The summed E-state index contributed by atoms with van der Waals surface area (Å²) in [7, 11) is 0. The molecule has 1 heterocycles. The molecule has 0 saturated carbocycles. The highest BCUT2D eigenvalue weighted by Gasteiger charge is 2.25. The molecule has 0 aliphatic carbocycles. The van der Waals surface area contributed by atoms with Crippen LogP contribution in [-0.2, 0) is 0 Å². The molecule has 1 aromatic carbocycles. The second-order valence-corrected chi connectivity index (χ2v) is 5.59. The molecule has 2 nitrogen and oxygen atoms in total. The van der Waals surface area contributed by atoms with Crippen LogP contribution in [0.2, 0.25) is 5.02 Å². The summed E-state index contributed by atoms with van der Waals surface area (Å²) in [5.74, 6) is -0.237. The van der Waals surface area contributed by atoms with Gasteiger partial charge in [0.2, 0.25) is 0 Å². The quantitative estimate of drug-likeness (QED) is 0.831. The minimum absolute atomic E-state index is 0.0200. The van der Waals surface area contributed by atoms with Gasteiger partial charge in [-0.3, -0.25) is 0 Å². The number of halogens is 2. The number of rotatable bonds is 1. The standard InChI is InChI=1S/C13H18ClFN2/c1-13(2)9-17(7-3-6-16-13)12-8-10(15)4-5-11(12)14/h4-5,8,16H,3,6-7,9H2,1-2H3. The summed E-state index contributed by atoms with van der Waals surface area (Å²) in [5, 5.41) is 4.09. The van der Waals surface area contributed by atoms with Crippen molar-refractivity contribution in [2.45, 2.75) is 25.8 Å². The van der Waals surface area contributed by atoms with Gasteiger partial charge in [0.05, 0.1) is 10.7 Å². The summed E-state index contributed by atoms with van der Waals surface area (Å²) < 4.78 is 13.3. The van der Waals surface area contributed by atoms with Crippen molar-refractivity contribution in [3.63, 3.8) is 0 Å². The van der Waals surface area contributed by atoms with Crippen molar-refractivity contribution >= 4 is 17.3 Å². The van der Waals surface area contributed by atoms with Gasteiger partial charge in [0.1, 0.15) is 5.82 Å². The van der Waals surface area contributed by atoms with Gasteiger partial charge in [-0.05, 0) is 45.0 Å². The highest BCUT2D eigenvalue weighted by Crippen LogP contribution is 2.28. The Morgan fingerprint density at radius 2 is 2.18 bits per heavy atom. The Bertz CT molecular complexity index is 406. The first-order chi connectivity index (χ1) is 7.98. The van der Waals surface area contributed by atoms with Crippen LogP contribution < -0.4 is 10.2 Å². The van der Waals surface area contributed by atoms with Crippen molar-refractivity contribution < 1.29 is 4.39 Å². The third-order valence-corrected chi connectivity index (χ3v) is 3.36. The first kappa shape index (κ1) is 12.7. The van der Waals surface area contributed by atoms with Crippen LogP contribution in [0.5, 0.6) is 0 Å². The van der Waals surface area contributed by atoms with Crippen LogP contribution in [0.15, 0.2) is 18.2 Å². The molecule has 17 heavy (non-hydrogen) atoms. The van der Waals surface area contributed by atoms with E-state index < -0.39 is 0 Å². The van der Waals surface area contributed by atoms with Crippen molar-refractivity contribution in [1.82, 2.24) is 5.32 Å². The number of anilines is 1. The minimum Gasteiger partial charge on any atom is -0.368 e. The van der Waals surface area contributed by atoms with Crippen molar-refractivity contribution in [3.8, 4) is 0 Å². The topological polar surface area (TPSA) is 15.3 Å². The van der Waals surface area contributed by atoms with E-state index >= 15 is 0 Å². The summed E-state index contributed by atoms with van der Waals surface area (Å²) in [5.41, 5.74) is 0.815. The number of hydrogen-bond acceptors (Lipinski definition) is 2. The van der Waals surface area contributed by atoms with E-state index in [-0.39, 0.29) is 11.4 Å². The molecule has 0 radical (unpaired) electrons. The third kappa shape index (κ3) is 3.11. The highest BCUT2D eigenvalue weighted by molar-refractivity contribution is 6.33. The molecule has 0 unspecified atom stereocenters. The summed E-state index contributed by atoms with van der Waals surface area (Å²) in [6.45, 7) is 7.02.